The molecule has 1 aromatic carbocycles. The van der Waals surface area contributed by atoms with Crippen LogP contribution < -0.4 is 9.47 Å². The molecule has 0 aliphatic carbocycles. The van der Waals surface area contributed by atoms with Crippen LogP contribution in [0.5, 0.6) is 11.5 Å². The molecule has 1 aromatic heterocycles. The minimum absolute atomic E-state index is 0.171. The number of hydrogen-bond donors (Lipinski definition) is 0. The normalized spacial score (nSPS) is 10.2. The average Bonchev–Trinajstić information content (AvgIpc) is 2.83. The van der Waals surface area contributed by atoms with E-state index < -0.39 is 0 Å². The Balaban J connectivity index is 2.41. The molecule has 0 fully saturated rings. The lowest BCUT2D eigenvalue weighted by Crippen LogP contribution is -2.05. The first-order valence-corrected chi connectivity index (χ1v) is 5.42. The van der Waals surface area contributed by atoms with Crippen LogP contribution >= 0.6 is 0 Å². The number of ether oxygens (including phenoxy) is 2. The number of nitrogens with zero attached hydrogens (tertiary/aromatic N) is 2. The van der Waals surface area contributed by atoms with Gasteiger partial charge in [-0.3, -0.25) is 9.48 Å². The van der Waals surface area contributed by atoms with Crippen molar-refractivity contribution < 1.29 is 14.3 Å². The highest BCUT2D eigenvalue weighted by Gasteiger charge is 2.17. The largest absolute Gasteiger partial charge is 0.497 e. The summed E-state index contributed by atoms with van der Waals surface area (Å²) < 4.78 is 11.9. The van der Waals surface area contributed by atoms with Crippen molar-refractivity contribution in [2.24, 2.45) is 7.05 Å². The van der Waals surface area contributed by atoms with E-state index in [4.69, 9.17) is 9.47 Å². The first-order chi connectivity index (χ1) is 8.65. The van der Waals surface area contributed by atoms with Crippen LogP contribution in [0.1, 0.15) is 16.1 Å². The molecule has 5 nitrogen and oxygen atoms in total. The van der Waals surface area contributed by atoms with Crippen molar-refractivity contribution in [2.45, 2.75) is 0 Å². The SMILES string of the molecule is COc1ccc(C(=O)c2ccn(C)n2)c(OC)c1. The summed E-state index contributed by atoms with van der Waals surface area (Å²) in [6.07, 6.45) is 1.73. The van der Waals surface area contributed by atoms with E-state index in [0.717, 1.165) is 0 Å². The van der Waals surface area contributed by atoms with Crippen molar-refractivity contribution >= 4 is 5.78 Å². The fraction of sp³-hybridized carbons (Fsp3) is 0.231. The molecule has 2 rings (SSSR count). The number of benzene rings is 1. The first kappa shape index (κ1) is 12.2. The van der Waals surface area contributed by atoms with Gasteiger partial charge in [-0.1, -0.05) is 0 Å². The van der Waals surface area contributed by atoms with Crippen molar-refractivity contribution in [1.29, 1.82) is 0 Å². The molecule has 0 aliphatic heterocycles. The highest BCUT2D eigenvalue weighted by Crippen LogP contribution is 2.26. The topological polar surface area (TPSA) is 53.4 Å². The van der Waals surface area contributed by atoms with E-state index in [1.165, 1.54) is 7.11 Å². The van der Waals surface area contributed by atoms with Gasteiger partial charge in [-0.2, -0.15) is 5.10 Å². The van der Waals surface area contributed by atoms with E-state index in [1.807, 2.05) is 0 Å². The second kappa shape index (κ2) is 4.91. The fourth-order valence-electron chi connectivity index (χ4n) is 1.66. The molecule has 94 valence electrons. The minimum Gasteiger partial charge on any atom is -0.497 e. The van der Waals surface area contributed by atoms with Gasteiger partial charge in [-0.15, -0.1) is 0 Å². The van der Waals surface area contributed by atoms with E-state index in [1.54, 1.807) is 49.3 Å². The summed E-state index contributed by atoms with van der Waals surface area (Å²) >= 11 is 0. The summed E-state index contributed by atoms with van der Waals surface area (Å²) in [6, 6.07) is 6.75. The van der Waals surface area contributed by atoms with Gasteiger partial charge >= 0.3 is 0 Å². The maximum absolute atomic E-state index is 12.2. The number of ketones is 1. The molecule has 5 heteroatoms. The Bertz CT molecular complexity index is 575. The Labute approximate surface area is 105 Å². The maximum Gasteiger partial charge on any atom is 0.216 e. The van der Waals surface area contributed by atoms with Crippen molar-refractivity contribution in [1.82, 2.24) is 9.78 Å². The molecule has 0 atom stereocenters. The molecule has 1 heterocycles. The van der Waals surface area contributed by atoms with E-state index >= 15 is 0 Å². The van der Waals surface area contributed by atoms with Gasteiger partial charge in [0.15, 0.2) is 0 Å². The monoisotopic (exact) mass is 246 g/mol. The zero-order valence-electron chi connectivity index (χ0n) is 10.5. The molecule has 0 radical (unpaired) electrons. The van der Waals surface area contributed by atoms with Gasteiger partial charge in [0.1, 0.15) is 17.2 Å². The van der Waals surface area contributed by atoms with E-state index in [-0.39, 0.29) is 5.78 Å². The molecule has 0 amide bonds. The lowest BCUT2D eigenvalue weighted by molar-refractivity contribution is 0.103. The molecule has 0 bridgehead atoms. The van der Waals surface area contributed by atoms with Gasteiger partial charge in [-0.05, 0) is 18.2 Å². The fourth-order valence-corrected chi connectivity index (χ4v) is 1.66. The van der Waals surface area contributed by atoms with Crippen LogP contribution in [0, 0.1) is 0 Å². The van der Waals surface area contributed by atoms with Crippen LogP contribution in [-0.4, -0.2) is 29.8 Å². The highest BCUT2D eigenvalue weighted by atomic mass is 16.5. The maximum atomic E-state index is 12.2. The quantitative estimate of drug-likeness (QED) is 0.770. The van der Waals surface area contributed by atoms with Gasteiger partial charge in [0, 0.05) is 19.3 Å². The molecule has 18 heavy (non-hydrogen) atoms. The van der Waals surface area contributed by atoms with Crippen molar-refractivity contribution in [3.63, 3.8) is 0 Å². The van der Waals surface area contributed by atoms with E-state index in [0.29, 0.717) is 22.8 Å². The van der Waals surface area contributed by atoms with Crippen LogP contribution in [-0.2, 0) is 7.05 Å². The molecule has 0 saturated carbocycles. The third-order valence-corrected chi connectivity index (χ3v) is 2.60. The minimum atomic E-state index is -0.171. The molecule has 0 spiro atoms. The van der Waals surface area contributed by atoms with Gasteiger partial charge in [0.25, 0.3) is 0 Å². The van der Waals surface area contributed by atoms with E-state index in [9.17, 15) is 4.79 Å². The summed E-state index contributed by atoms with van der Waals surface area (Å²) in [5, 5.41) is 4.09. The molecule has 0 unspecified atom stereocenters. The molecule has 0 N–H and O–H groups in total. The Kier molecular flexibility index (Phi) is 3.32. The average molecular weight is 246 g/mol. The first-order valence-electron chi connectivity index (χ1n) is 5.42. The van der Waals surface area contributed by atoms with Crippen LogP contribution in [0.3, 0.4) is 0 Å². The van der Waals surface area contributed by atoms with Crippen molar-refractivity contribution in [2.75, 3.05) is 14.2 Å². The summed E-state index contributed by atoms with van der Waals surface area (Å²) in [4.78, 5) is 12.2. The number of carbonyl (C=O) groups excluding carboxylic acids is 1. The summed E-state index contributed by atoms with van der Waals surface area (Å²) in [5.74, 6) is 0.949. The molecular formula is C13H14N2O3. The summed E-state index contributed by atoms with van der Waals surface area (Å²) in [6.45, 7) is 0. The third-order valence-electron chi connectivity index (χ3n) is 2.60. The van der Waals surface area contributed by atoms with Gasteiger partial charge in [0.2, 0.25) is 5.78 Å². The van der Waals surface area contributed by atoms with Gasteiger partial charge in [-0.25, -0.2) is 0 Å². The van der Waals surface area contributed by atoms with E-state index in [2.05, 4.69) is 5.10 Å². The van der Waals surface area contributed by atoms with Crippen LogP contribution in [0.15, 0.2) is 30.5 Å². The Morgan fingerprint density at radius 2 is 2.00 bits per heavy atom. The standard InChI is InChI=1S/C13H14N2O3/c1-15-7-6-11(14-15)13(16)10-5-4-9(17-2)8-12(10)18-3/h4-8H,1-3H3. The molecule has 2 aromatic rings. The van der Waals surface area contributed by atoms with Gasteiger partial charge in [0.05, 0.1) is 19.8 Å². The Hall–Kier alpha value is -2.30. The summed E-state index contributed by atoms with van der Waals surface area (Å²) in [5.41, 5.74) is 0.859. The third kappa shape index (κ3) is 2.20. The lowest BCUT2D eigenvalue weighted by Gasteiger charge is -2.08. The zero-order valence-corrected chi connectivity index (χ0v) is 10.5. The van der Waals surface area contributed by atoms with Crippen LogP contribution in [0.4, 0.5) is 0 Å². The predicted octanol–water partition coefficient (Wildman–Crippen LogP) is 1.67. The Morgan fingerprint density at radius 1 is 1.22 bits per heavy atom. The van der Waals surface area contributed by atoms with Crippen LogP contribution in [0.2, 0.25) is 0 Å². The molecular weight excluding hydrogens is 232 g/mol. The van der Waals surface area contributed by atoms with Crippen molar-refractivity contribution in [3.8, 4) is 11.5 Å². The number of carbonyl (C=O) groups is 1. The second-order valence-corrected chi connectivity index (χ2v) is 3.77. The molecule has 0 aliphatic rings. The smallest absolute Gasteiger partial charge is 0.216 e. The Morgan fingerprint density at radius 3 is 2.56 bits per heavy atom. The number of hydrogen-bond acceptors (Lipinski definition) is 4. The molecule has 0 saturated heterocycles. The number of rotatable bonds is 4. The highest BCUT2D eigenvalue weighted by molar-refractivity contribution is 6.09. The number of aromatic nitrogens is 2. The second-order valence-electron chi connectivity index (χ2n) is 3.77. The number of aryl methyl sites for hydroxylation is 1. The lowest BCUT2D eigenvalue weighted by atomic mass is 10.1. The predicted molar refractivity (Wildman–Crippen MR) is 66.2 cm³/mol. The van der Waals surface area contributed by atoms with Crippen LogP contribution in [0.25, 0.3) is 0 Å². The zero-order chi connectivity index (χ0) is 13.1. The van der Waals surface area contributed by atoms with Gasteiger partial charge < -0.3 is 9.47 Å². The number of methoxy groups -OCH3 is 2. The summed E-state index contributed by atoms with van der Waals surface area (Å²) in [7, 11) is 4.85. The van der Waals surface area contributed by atoms with Crippen molar-refractivity contribution in [3.05, 3.63) is 41.7 Å².